The molecule has 2 atom stereocenters. The zero-order chi connectivity index (χ0) is 13.5. The summed E-state index contributed by atoms with van der Waals surface area (Å²) in [5.41, 5.74) is 0. The predicted octanol–water partition coefficient (Wildman–Crippen LogP) is 5.13. The van der Waals surface area contributed by atoms with E-state index < -0.39 is 15.9 Å². The molecule has 0 N–H and O–H groups in total. The second kappa shape index (κ2) is 5.63. The van der Waals surface area contributed by atoms with Crippen LogP contribution >= 0.6 is 29.5 Å². The minimum atomic E-state index is -3.11. The molecule has 1 aliphatic rings. The Labute approximate surface area is 130 Å². The van der Waals surface area contributed by atoms with Crippen molar-refractivity contribution in [2.45, 2.75) is 28.6 Å². The second-order valence-corrected chi connectivity index (χ2v) is 19.1. The van der Waals surface area contributed by atoms with Crippen LogP contribution in [0.3, 0.4) is 0 Å². The van der Waals surface area contributed by atoms with Crippen molar-refractivity contribution in [3.63, 3.8) is 0 Å². The van der Waals surface area contributed by atoms with Crippen LogP contribution in [0.2, 0.25) is 3.97 Å². The van der Waals surface area contributed by atoms with Crippen LogP contribution < -0.4 is 3.61 Å². The number of benzene rings is 2. The quantitative estimate of drug-likeness (QED) is 0.459. The van der Waals surface area contributed by atoms with Crippen molar-refractivity contribution in [2.75, 3.05) is 0 Å². The van der Waals surface area contributed by atoms with E-state index in [2.05, 4.69) is 30.3 Å². The Balaban J connectivity index is 2.02. The van der Waals surface area contributed by atoms with Gasteiger partial charge in [-0.25, -0.2) is 0 Å². The molecule has 3 rings (SSSR count). The van der Waals surface area contributed by atoms with Crippen LogP contribution in [0.5, 0.6) is 0 Å². The molecule has 1 fully saturated rings. The second-order valence-electron chi connectivity index (χ2n) is 5.00. The number of hydrogen-bond acceptors (Lipinski definition) is 0. The Hall–Kier alpha value is 0.360. The van der Waals surface area contributed by atoms with Gasteiger partial charge < -0.3 is 0 Å². The Morgan fingerprint density at radius 3 is 2.37 bits per heavy atom. The Kier molecular flexibility index (Phi) is 4.24. The van der Waals surface area contributed by atoms with Gasteiger partial charge in [-0.05, 0) is 0 Å². The van der Waals surface area contributed by atoms with Gasteiger partial charge in [-0.2, -0.15) is 0 Å². The molecule has 1 saturated carbocycles. The third-order valence-electron chi connectivity index (χ3n) is 3.79. The third kappa shape index (κ3) is 2.74. The summed E-state index contributed by atoms with van der Waals surface area (Å²) in [5.74, 6) is 0. The first-order valence-corrected chi connectivity index (χ1v) is 15.3. The van der Waals surface area contributed by atoms with Gasteiger partial charge in [0.1, 0.15) is 0 Å². The molecular formula is C15H15Cl3Te. The molecule has 102 valence electrons. The molecule has 0 amide bonds. The number of alkyl halides is 1. The number of rotatable bonds is 2. The summed E-state index contributed by atoms with van der Waals surface area (Å²) in [7, 11) is 13.7. The van der Waals surface area contributed by atoms with Gasteiger partial charge in [-0.1, -0.05) is 0 Å². The molecule has 0 aliphatic heterocycles. The van der Waals surface area contributed by atoms with E-state index in [0.717, 1.165) is 22.9 Å². The maximum atomic E-state index is 6.83. The van der Waals surface area contributed by atoms with Gasteiger partial charge >= 0.3 is 131 Å². The van der Waals surface area contributed by atoms with E-state index in [0.29, 0.717) is 3.97 Å². The Morgan fingerprint density at radius 2 is 1.68 bits per heavy atom. The van der Waals surface area contributed by atoms with E-state index in [1.807, 2.05) is 12.1 Å². The van der Waals surface area contributed by atoms with Crippen molar-refractivity contribution in [3.05, 3.63) is 42.5 Å². The summed E-state index contributed by atoms with van der Waals surface area (Å²) in [6, 6.07) is 14.7. The van der Waals surface area contributed by atoms with Gasteiger partial charge in [-0.3, -0.25) is 0 Å². The van der Waals surface area contributed by atoms with Gasteiger partial charge in [0.2, 0.25) is 0 Å². The first kappa shape index (κ1) is 14.3. The summed E-state index contributed by atoms with van der Waals surface area (Å²) in [4.78, 5) is 0. The van der Waals surface area contributed by atoms with E-state index in [4.69, 9.17) is 29.5 Å². The minimum absolute atomic E-state index is 0.155. The van der Waals surface area contributed by atoms with Crippen LogP contribution in [-0.4, -0.2) is 21.3 Å². The normalized spacial score (nSPS) is 24.8. The Bertz CT molecular complexity index is 597. The van der Waals surface area contributed by atoms with Gasteiger partial charge in [-0.15, -0.1) is 0 Å². The molecular weight excluding hydrogens is 414 g/mol. The molecule has 0 heterocycles. The number of hydrogen-bond donors (Lipinski definition) is 0. The molecule has 0 aromatic heterocycles. The van der Waals surface area contributed by atoms with Crippen molar-refractivity contribution in [3.8, 4) is 0 Å². The van der Waals surface area contributed by atoms with E-state index in [1.54, 1.807) is 0 Å². The summed E-state index contributed by atoms with van der Waals surface area (Å²) in [6.45, 7) is 0. The van der Waals surface area contributed by atoms with E-state index in [-0.39, 0.29) is 5.38 Å². The first-order valence-electron chi connectivity index (χ1n) is 6.43. The van der Waals surface area contributed by atoms with Crippen LogP contribution in [0.4, 0.5) is 0 Å². The van der Waals surface area contributed by atoms with Crippen molar-refractivity contribution in [1.82, 2.24) is 0 Å². The summed E-state index contributed by atoms with van der Waals surface area (Å²) in [5, 5.41) is 2.59. The molecule has 0 unspecified atom stereocenters. The van der Waals surface area contributed by atoms with Gasteiger partial charge in [0.15, 0.2) is 0 Å². The number of fused-ring (bicyclic) bond motifs is 1. The average molecular weight is 429 g/mol. The van der Waals surface area contributed by atoms with Crippen molar-refractivity contribution < 1.29 is 0 Å². The molecule has 0 spiro atoms. The van der Waals surface area contributed by atoms with Crippen LogP contribution in [0.1, 0.15) is 19.3 Å². The van der Waals surface area contributed by atoms with E-state index >= 15 is 0 Å². The molecule has 0 nitrogen and oxygen atoms in total. The van der Waals surface area contributed by atoms with E-state index in [1.165, 1.54) is 10.8 Å². The summed E-state index contributed by atoms with van der Waals surface area (Å²) < 4.78 is 1.45. The standard InChI is InChI=1S/C15H15Cl3Te/c16-14-6-3-7-15(14)19(17,18)13-9-8-11-4-1-2-5-12(11)10-13/h1-2,4-5,8-10,14-15H,3,6-7H2/t14-,15-/m1/s1. The monoisotopic (exact) mass is 430 g/mol. The summed E-state index contributed by atoms with van der Waals surface area (Å²) in [6.07, 6.45) is 3.28. The SMILES string of the molecule is Cl[C@@H]1CCC[C@H]1[Te](Cl)(Cl)c1ccc2ccccc2c1. The molecule has 0 saturated heterocycles. The topological polar surface area (TPSA) is 0 Å². The molecule has 4 heteroatoms. The molecule has 2 aromatic carbocycles. The maximum absolute atomic E-state index is 6.83. The van der Waals surface area contributed by atoms with E-state index in [9.17, 15) is 0 Å². The summed E-state index contributed by atoms with van der Waals surface area (Å²) >= 11 is 3.30. The van der Waals surface area contributed by atoms with Crippen LogP contribution in [0, 0.1) is 0 Å². The van der Waals surface area contributed by atoms with Crippen LogP contribution in [-0.2, 0) is 0 Å². The van der Waals surface area contributed by atoms with Crippen molar-refractivity contribution >= 4 is 59.9 Å². The van der Waals surface area contributed by atoms with Gasteiger partial charge in [0.25, 0.3) is 0 Å². The number of halogens is 3. The van der Waals surface area contributed by atoms with Crippen LogP contribution in [0.25, 0.3) is 10.8 Å². The fraction of sp³-hybridized carbons (Fsp3) is 0.333. The van der Waals surface area contributed by atoms with Gasteiger partial charge in [0, 0.05) is 0 Å². The fourth-order valence-electron chi connectivity index (χ4n) is 2.73. The molecule has 19 heavy (non-hydrogen) atoms. The third-order valence-corrected chi connectivity index (χ3v) is 16.5. The molecule has 2 aromatic rings. The predicted molar refractivity (Wildman–Crippen MR) is 88.3 cm³/mol. The molecule has 0 bridgehead atoms. The zero-order valence-corrected chi connectivity index (χ0v) is 15.0. The van der Waals surface area contributed by atoms with Crippen molar-refractivity contribution in [1.29, 1.82) is 0 Å². The molecule has 1 aliphatic carbocycles. The molecule has 0 radical (unpaired) electrons. The van der Waals surface area contributed by atoms with Crippen molar-refractivity contribution in [2.24, 2.45) is 0 Å². The zero-order valence-electron chi connectivity index (χ0n) is 10.4. The average Bonchev–Trinajstić information content (AvgIpc) is 2.85. The Morgan fingerprint density at radius 1 is 0.947 bits per heavy atom. The first-order chi connectivity index (χ1) is 9.09. The fourth-order valence-corrected chi connectivity index (χ4v) is 14.2. The van der Waals surface area contributed by atoms with Gasteiger partial charge in [0.05, 0.1) is 0 Å². The van der Waals surface area contributed by atoms with Crippen LogP contribution in [0.15, 0.2) is 42.5 Å².